The summed E-state index contributed by atoms with van der Waals surface area (Å²) in [6.07, 6.45) is 0.0731. The molecule has 0 saturated carbocycles. The van der Waals surface area contributed by atoms with E-state index in [9.17, 15) is 10.1 Å². The third kappa shape index (κ3) is 3.20. The highest BCUT2D eigenvalue weighted by atomic mass is 16.6. The van der Waals surface area contributed by atoms with E-state index in [0.717, 1.165) is 0 Å². The number of hydrogen-bond acceptors (Lipinski definition) is 4. The summed E-state index contributed by atoms with van der Waals surface area (Å²) in [6, 6.07) is 4.47. The Kier molecular flexibility index (Phi) is 4.25. The molecule has 16 heavy (non-hydrogen) atoms. The molecule has 0 radical (unpaired) electrons. The first-order valence-corrected chi connectivity index (χ1v) is 4.97. The van der Waals surface area contributed by atoms with Crippen molar-refractivity contribution >= 4 is 5.69 Å². The summed E-state index contributed by atoms with van der Waals surface area (Å²) in [7, 11) is 1.53. The Balaban J connectivity index is 2.93. The van der Waals surface area contributed by atoms with E-state index >= 15 is 0 Å². The molecule has 0 aliphatic carbocycles. The second-order valence-electron chi connectivity index (χ2n) is 3.61. The van der Waals surface area contributed by atoms with Crippen LogP contribution in [0.5, 0.6) is 5.75 Å². The molecule has 0 unspecified atom stereocenters. The Morgan fingerprint density at radius 1 is 1.44 bits per heavy atom. The van der Waals surface area contributed by atoms with E-state index in [2.05, 4.69) is 0 Å². The largest absolute Gasteiger partial charge is 0.496 e. The van der Waals surface area contributed by atoms with E-state index in [4.69, 9.17) is 9.47 Å². The zero-order chi connectivity index (χ0) is 12.1. The molecule has 0 N–H and O–H groups in total. The molecule has 0 amide bonds. The Labute approximate surface area is 94.1 Å². The topological polar surface area (TPSA) is 61.6 Å². The van der Waals surface area contributed by atoms with E-state index in [1.807, 2.05) is 13.8 Å². The number of methoxy groups -OCH3 is 1. The van der Waals surface area contributed by atoms with E-state index in [-0.39, 0.29) is 11.8 Å². The highest BCUT2D eigenvalue weighted by Gasteiger charge is 2.11. The fourth-order valence-corrected chi connectivity index (χ4v) is 1.25. The SMILES string of the molecule is COc1ccc([N+](=O)[O-])cc1COC(C)C. The monoisotopic (exact) mass is 225 g/mol. The van der Waals surface area contributed by atoms with Crippen LogP contribution in [0.3, 0.4) is 0 Å². The van der Waals surface area contributed by atoms with Crippen LogP contribution in [0, 0.1) is 10.1 Å². The number of benzene rings is 1. The Morgan fingerprint density at radius 3 is 2.62 bits per heavy atom. The number of hydrogen-bond donors (Lipinski definition) is 0. The van der Waals surface area contributed by atoms with Crippen molar-refractivity contribution in [1.29, 1.82) is 0 Å². The lowest BCUT2D eigenvalue weighted by Crippen LogP contribution is -2.04. The maximum atomic E-state index is 10.6. The van der Waals surface area contributed by atoms with Crippen molar-refractivity contribution in [2.75, 3.05) is 7.11 Å². The van der Waals surface area contributed by atoms with Crippen LogP contribution in [0.1, 0.15) is 19.4 Å². The van der Waals surface area contributed by atoms with Gasteiger partial charge in [-0.3, -0.25) is 10.1 Å². The zero-order valence-corrected chi connectivity index (χ0v) is 9.60. The van der Waals surface area contributed by atoms with Gasteiger partial charge in [0.25, 0.3) is 5.69 Å². The van der Waals surface area contributed by atoms with Gasteiger partial charge in [0, 0.05) is 17.7 Å². The summed E-state index contributed by atoms with van der Waals surface area (Å²) in [5, 5.41) is 10.6. The van der Waals surface area contributed by atoms with Crippen molar-refractivity contribution < 1.29 is 14.4 Å². The van der Waals surface area contributed by atoms with Crippen molar-refractivity contribution in [3.63, 3.8) is 0 Å². The van der Waals surface area contributed by atoms with Gasteiger partial charge in [-0.05, 0) is 19.9 Å². The van der Waals surface area contributed by atoms with Crippen molar-refractivity contribution in [2.24, 2.45) is 0 Å². The van der Waals surface area contributed by atoms with Gasteiger partial charge in [0.15, 0.2) is 0 Å². The van der Waals surface area contributed by atoms with Gasteiger partial charge in [0.05, 0.1) is 24.7 Å². The zero-order valence-electron chi connectivity index (χ0n) is 9.60. The standard InChI is InChI=1S/C11H15NO4/c1-8(2)16-7-9-6-10(12(13)14)4-5-11(9)15-3/h4-6,8H,7H2,1-3H3. The Hall–Kier alpha value is -1.62. The molecule has 0 atom stereocenters. The normalized spacial score (nSPS) is 10.5. The Bertz CT molecular complexity index is 376. The van der Waals surface area contributed by atoms with Crippen LogP contribution < -0.4 is 4.74 Å². The number of nitro groups is 1. The molecular formula is C11H15NO4. The summed E-state index contributed by atoms with van der Waals surface area (Å²) >= 11 is 0. The minimum Gasteiger partial charge on any atom is -0.496 e. The first-order valence-electron chi connectivity index (χ1n) is 4.97. The van der Waals surface area contributed by atoms with Gasteiger partial charge in [-0.15, -0.1) is 0 Å². The third-order valence-electron chi connectivity index (χ3n) is 2.05. The maximum Gasteiger partial charge on any atom is 0.270 e. The molecule has 1 aromatic carbocycles. The minimum atomic E-state index is -0.432. The van der Waals surface area contributed by atoms with Crippen LogP contribution in [0.2, 0.25) is 0 Å². The molecule has 0 fully saturated rings. The van der Waals surface area contributed by atoms with Gasteiger partial charge in [-0.1, -0.05) is 0 Å². The Morgan fingerprint density at radius 2 is 2.12 bits per heavy atom. The third-order valence-corrected chi connectivity index (χ3v) is 2.05. The highest BCUT2D eigenvalue weighted by molar-refractivity contribution is 5.43. The lowest BCUT2D eigenvalue weighted by Gasteiger charge is -2.10. The van der Waals surface area contributed by atoms with Gasteiger partial charge in [-0.2, -0.15) is 0 Å². The first kappa shape index (κ1) is 12.4. The van der Waals surface area contributed by atoms with Crippen molar-refractivity contribution in [2.45, 2.75) is 26.6 Å². The van der Waals surface area contributed by atoms with E-state index in [1.54, 1.807) is 6.07 Å². The number of nitrogens with zero attached hydrogens (tertiary/aromatic N) is 1. The molecule has 5 heteroatoms. The number of rotatable bonds is 5. The van der Waals surface area contributed by atoms with Crippen molar-refractivity contribution in [1.82, 2.24) is 0 Å². The molecule has 0 saturated heterocycles. The molecule has 0 aliphatic heterocycles. The fourth-order valence-electron chi connectivity index (χ4n) is 1.25. The summed E-state index contributed by atoms with van der Waals surface area (Å²) in [4.78, 5) is 10.2. The summed E-state index contributed by atoms with van der Waals surface area (Å²) < 4.78 is 10.5. The predicted octanol–water partition coefficient (Wildman–Crippen LogP) is 2.53. The molecule has 1 aromatic rings. The van der Waals surface area contributed by atoms with E-state index in [0.29, 0.717) is 17.9 Å². The van der Waals surface area contributed by atoms with Crippen LogP contribution in [-0.4, -0.2) is 18.1 Å². The quantitative estimate of drug-likeness (QED) is 0.570. The van der Waals surface area contributed by atoms with Gasteiger partial charge in [0.2, 0.25) is 0 Å². The first-order chi connectivity index (χ1) is 7.54. The molecular weight excluding hydrogens is 210 g/mol. The maximum absolute atomic E-state index is 10.6. The second-order valence-corrected chi connectivity index (χ2v) is 3.61. The average molecular weight is 225 g/mol. The molecule has 0 aliphatic rings. The van der Waals surface area contributed by atoms with E-state index < -0.39 is 4.92 Å². The molecule has 0 bridgehead atoms. The summed E-state index contributed by atoms with van der Waals surface area (Å²) in [5.41, 5.74) is 0.730. The van der Waals surface area contributed by atoms with Gasteiger partial charge >= 0.3 is 0 Å². The molecule has 88 valence electrons. The van der Waals surface area contributed by atoms with Crippen molar-refractivity contribution in [3.8, 4) is 5.75 Å². The van der Waals surface area contributed by atoms with Crippen LogP contribution >= 0.6 is 0 Å². The molecule has 0 heterocycles. The number of nitro benzene ring substituents is 1. The van der Waals surface area contributed by atoms with Gasteiger partial charge < -0.3 is 9.47 Å². The smallest absolute Gasteiger partial charge is 0.270 e. The van der Waals surface area contributed by atoms with Crippen LogP contribution in [0.25, 0.3) is 0 Å². The summed E-state index contributed by atoms with van der Waals surface area (Å²) in [5.74, 6) is 0.603. The highest BCUT2D eigenvalue weighted by Crippen LogP contribution is 2.24. The number of ether oxygens (including phenoxy) is 2. The molecule has 0 aromatic heterocycles. The van der Waals surface area contributed by atoms with Crippen LogP contribution in [0.15, 0.2) is 18.2 Å². The lowest BCUT2D eigenvalue weighted by atomic mass is 10.2. The van der Waals surface area contributed by atoms with Gasteiger partial charge in [0.1, 0.15) is 5.75 Å². The van der Waals surface area contributed by atoms with E-state index in [1.165, 1.54) is 19.2 Å². The minimum absolute atomic E-state index is 0.0446. The van der Waals surface area contributed by atoms with Crippen LogP contribution in [-0.2, 0) is 11.3 Å². The lowest BCUT2D eigenvalue weighted by molar-refractivity contribution is -0.385. The number of non-ortho nitro benzene ring substituents is 1. The molecule has 0 spiro atoms. The second kappa shape index (κ2) is 5.46. The van der Waals surface area contributed by atoms with Crippen LogP contribution in [0.4, 0.5) is 5.69 Å². The van der Waals surface area contributed by atoms with Crippen molar-refractivity contribution in [3.05, 3.63) is 33.9 Å². The average Bonchev–Trinajstić information content (AvgIpc) is 2.25. The fraction of sp³-hybridized carbons (Fsp3) is 0.455. The molecule has 1 rings (SSSR count). The summed E-state index contributed by atoms with van der Waals surface area (Å²) in [6.45, 7) is 4.12. The van der Waals surface area contributed by atoms with Gasteiger partial charge in [-0.25, -0.2) is 0 Å². The predicted molar refractivity (Wildman–Crippen MR) is 59.6 cm³/mol. The molecule has 5 nitrogen and oxygen atoms in total.